The molecule has 0 atom stereocenters. The summed E-state index contributed by atoms with van der Waals surface area (Å²) in [6, 6.07) is 3.28. The summed E-state index contributed by atoms with van der Waals surface area (Å²) in [5, 5.41) is 10.1. The lowest BCUT2D eigenvalue weighted by atomic mass is 10.3. The van der Waals surface area contributed by atoms with Crippen LogP contribution in [0.25, 0.3) is 0 Å². The quantitative estimate of drug-likeness (QED) is 0.362. The van der Waals surface area contributed by atoms with Gasteiger partial charge in [-0.2, -0.15) is 0 Å². The molecule has 1 aromatic rings. The second kappa shape index (κ2) is 8.17. The zero-order valence-corrected chi connectivity index (χ0v) is 11.6. The van der Waals surface area contributed by atoms with Crippen molar-refractivity contribution in [2.45, 2.75) is 20.4 Å². The Morgan fingerprint density at radius 3 is 2.42 bits per heavy atom. The summed E-state index contributed by atoms with van der Waals surface area (Å²) in [6.07, 6.45) is 1.45. The number of nitrogens with zero attached hydrogens (tertiary/aromatic N) is 2. The number of carboxylic acid groups (broad SMARTS) is 1. The summed E-state index contributed by atoms with van der Waals surface area (Å²) in [5.41, 5.74) is 10.8. The molecule has 0 bridgehead atoms. The van der Waals surface area contributed by atoms with Crippen molar-refractivity contribution < 1.29 is 9.90 Å². The van der Waals surface area contributed by atoms with E-state index in [0.717, 1.165) is 5.01 Å². The van der Waals surface area contributed by atoms with Crippen LogP contribution in [0, 0.1) is 0 Å². The number of hydrogen-bond donors (Lipinski definition) is 4. The zero-order valence-electron chi connectivity index (χ0n) is 10.8. The molecule has 1 aromatic heterocycles. The van der Waals surface area contributed by atoms with Crippen LogP contribution in [0.1, 0.15) is 19.5 Å². The SMILES string of the molecule is CC.N/C(C(=O)O)=C(/N)N(N)Cc1ccc(Cl)cn1. The molecule has 0 unspecified atom stereocenters. The first kappa shape index (κ1) is 17.0. The van der Waals surface area contributed by atoms with E-state index < -0.39 is 11.7 Å². The van der Waals surface area contributed by atoms with Gasteiger partial charge in [0.2, 0.25) is 0 Å². The molecule has 8 heteroatoms. The fourth-order valence-corrected chi connectivity index (χ4v) is 1.14. The maximum absolute atomic E-state index is 10.6. The first-order valence-corrected chi connectivity index (χ1v) is 5.90. The molecule has 1 heterocycles. The fraction of sp³-hybridized carbons (Fsp3) is 0.273. The second-order valence-corrected chi connectivity index (χ2v) is 3.64. The smallest absolute Gasteiger partial charge is 0.355 e. The molecular weight excluding hydrogens is 270 g/mol. The molecular formula is C11H18ClN5O2. The summed E-state index contributed by atoms with van der Waals surface area (Å²) in [6.45, 7) is 4.12. The molecule has 106 valence electrons. The summed E-state index contributed by atoms with van der Waals surface area (Å²) in [7, 11) is 0. The number of rotatable bonds is 4. The van der Waals surface area contributed by atoms with Crippen molar-refractivity contribution in [2.24, 2.45) is 17.3 Å². The summed E-state index contributed by atoms with van der Waals surface area (Å²) in [5.74, 6) is 4.00. The molecule has 7 nitrogen and oxygen atoms in total. The van der Waals surface area contributed by atoms with E-state index in [1.54, 1.807) is 12.1 Å². The van der Waals surface area contributed by atoms with Crippen molar-refractivity contribution in [1.82, 2.24) is 9.99 Å². The largest absolute Gasteiger partial charge is 0.476 e. The Kier molecular flexibility index (Phi) is 7.32. The van der Waals surface area contributed by atoms with Gasteiger partial charge in [0, 0.05) is 6.20 Å². The maximum Gasteiger partial charge on any atom is 0.355 e. The Labute approximate surface area is 116 Å². The van der Waals surface area contributed by atoms with Gasteiger partial charge in [-0.15, -0.1) is 0 Å². The number of carboxylic acids is 1. The van der Waals surface area contributed by atoms with E-state index in [-0.39, 0.29) is 12.4 Å². The number of hydrogen-bond acceptors (Lipinski definition) is 6. The van der Waals surface area contributed by atoms with Gasteiger partial charge in [0.05, 0.1) is 17.3 Å². The van der Waals surface area contributed by atoms with Gasteiger partial charge in [-0.25, -0.2) is 10.6 Å². The standard InChI is InChI=1S/C9H12ClN5O2.C2H6/c10-5-1-2-6(14-3-5)4-15(13)8(12)7(11)9(16)17;1-2/h1-3H,4,11-13H2,(H,16,17);1-2H3/b8-7-;. The van der Waals surface area contributed by atoms with Gasteiger partial charge in [0.15, 0.2) is 5.70 Å². The molecule has 19 heavy (non-hydrogen) atoms. The van der Waals surface area contributed by atoms with E-state index in [1.807, 2.05) is 13.8 Å². The minimum Gasteiger partial charge on any atom is -0.476 e. The highest BCUT2D eigenvalue weighted by Crippen LogP contribution is 2.08. The summed E-state index contributed by atoms with van der Waals surface area (Å²) >= 11 is 5.66. The van der Waals surface area contributed by atoms with Crippen LogP contribution in [0.15, 0.2) is 29.8 Å². The Balaban J connectivity index is 0.00000154. The van der Waals surface area contributed by atoms with Crippen LogP contribution in [-0.4, -0.2) is 21.1 Å². The van der Waals surface area contributed by atoms with Gasteiger partial charge in [0.25, 0.3) is 0 Å². The molecule has 0 spiro atoms. The van der Waals surface area contributed by atoms with Crippen LogP contribution in [0.5, 0.6) is 0 Å². The van der Waals surface area contributed by atoms with Crippen molar-refractivity contribution in [3.8, 4) is 0 Å². The molecule has 0 radical (unpaired) electrons. The van der Waals surface area contributed by atoms with Crippen LogP contribution in [0.3, 0.4) is 0 Å². The van der Waals surface area contributed by atoms with Crippen molar-refractivity contribution in [2.75, 3.05) is 0 Å². The van der Waals surface area contributed by atoms with E-state index in [2.05, 4.69) is 4.98 Å². The molecule has 0 aliphatic carbocycles. The molecule has 1 rings (SSSR count). The third-order valence-electron chi connectivity index (χ3n) is 1.94. The lowest BCUT2D eigenvalue weighted by Crippen LogP contribution is -2.37. The Morgan fingerprint density at radius 2 is 2.00 bits per heavy atom. The average Bonchev–Trinajstić information content (AvgIpc) is 2.41. The normalized spacial score (nSPS) is 10.9. The molecule has 7 N–H and O–H groups in total. The van der Waals surface area contributed by atoms with E-state index >= 15 is 0 Å². The van der Waals surface area contributed by atoms with Gasteiger partial charge >= 0.3 is 5.97 Å². The van der Waals surface area contributed by atoms with Gasteiger partial charge < -0.3 is 16.6 Å². The third kappa shape index (κ3) is 5.45. The van der Waals surface area contributed by atoms with Crippen molar-refractivity contribution in [3.05, 3.63) is 40.6 Å². The van der Waals surface area contributed by atoms with Crippen LogP contribution in [0.4, 0.5) is 0 Å². The van der Waals surface area contributed by atoms with Crippen molar-refractivity contribution >= 4 is 17.6 Å². The van der Waals surface area contributed by atoms with Crippen LogP contribution in [-0.2, 0) is 11.3 Å². The van der Waals surface area contributed by atoms with Gasteiger partial charge in [0.1, 0.15) is 5.82 Å². The van der Waals surface area contributed by atoms with E-state index in [0.29, 0.717) is 10.7 Å². The first-order valence-electron chi connectivity index (χ1n) is 5.53. The summed E-state index contributed by atoms with van der Waals surface area (Å²) in [4.78, 5) is 14.5. The molecule has 0 aliphatic heterocycles. The lowest BCUT2D eigenvalue weighted by molar-refractivity contribution is -0.132. The highest BCUT2D eigenvalue weighted by molar-refractivity contribution is 6.30. The Bertz CT molecular complexity index is 447. The zero-order chi connectivity index (χ0) is 15.0. The van der Waals surface area contributed by atoms with Crippen molar-refractivity contribution in [3.63, 3.8) is 0 Å². The first-order chi connectivity index (χ1) is 8.91. The van der Waals surface area contributed by atoms with Gasteiger partial charge in [-0.3, -0.25) is 9.99 Å². The van der Waals surface area contributed by atoms with Crippen LogP contribution < -0.4 is 17.3 Å². The molecule has 0 fully saturated rings. The number of pyridine rings is 1. The Hall–Kier alpha value is -1.99. The van der Waals surface area contributed by atoms with E-state index in [4.69, 9.17) is 34.0 Å². The van der Waals surface area contributed by atoms with E-state index in [9.17, 15) is 4.79 Å². The lowest BCUT2D eigenvalue weighted by Gasteiger charge is -2.18. The second-order valence-electron chi connectivity index (χ2n) is 3.20. The van der Waals surface area contributed by atoms with Gasteiger partial charge in [-0.1, -0.05) is 25.4 Å². The number of aliphatic carboxylic acids is 1. The number of hydrazine groups is 1. The number of carbonyl (C=O) groups is 1. The highest BCUT2D eigenvalue weighted by atomic mass is 35.5. The molecule has 0 saturated carbocycles. The predicted molar refractivity (Wildman–Crippen MR) is 73.4 cm³/mol. The number of nitrogens with two attached hydrogens (primary N) is 3. The summed E-state index contributed by atoms with van der Waals surface area (Å²) < 4.78 is 0. The molecule has 0 aromatic carbocycles. The topological polar surface area (TPSA) is 131 Å². The fourth-order valence-electron chi connectivity index (χ4n) is 1.02. The van der Waals surface area contributed by atoms with Gasteiger partial charge in [-0.05, 0) is 12.1 Å². The van der Waals surface area contributed by atoms with Crippen molar-refractivity contribution in [1.29, 1.82) is 0 Å². The molecule has 0 saturated heterocycles. The molecule has 0 amide bonds. The molecule has 0 aliphatic rings. The number of aromatic nitrogens is 1. The monoisotopic (exact) mass is 287 g/mol. The maximum atomic E-state index is 10.6. The predicted octanol–water partition coefficient (Wildman–Crippen LogP) is 0.608. The minimum absolute atomic E-state index is 0.122. The highest BCUT2D eigenvalue weighted by Gasteiger charge is 2.12. The minimum atomic E-state index is -1.33. The van der Waals surface area contributed by atoms with Crippen LogP contribution in [0.2, 0.25) is 5.02 Å². The van der Waals surface area contributed by atoms with E-state index in [1.165, 1.54) is 6.20 Å². The van der Waals surface area contributed by atoms with Crippen LogP contribution >= 0.6 is 11.6 Å². The Morgan fingerprint density at radius 1 is 1.42 bits per heavy atom. The average molecular weight is 288 g/mol. The number of halogens is 1. The third-order valence-corrected chi connectivity index (χ3v) is 2.16.